The number of piperidine rings is 1. The lowest BCUT2D eigenvalue weighted by Gasteiger charge is -2.32. The Labute approximate surface area is 162 Å². The van der Waals surface area contributed by atoms with Crippen molar-refractivity contribution in [1.29, 1.82) is 0 Å². The average Bonchev–Trinajstić information content (AvgIpc) is 2.70. The van der Waals surface area contributed by atoms with E-state index in [1.807, 2.05) is 29.2 Å². The van der Waals surface area contributed by atoms with Crippen molar-refractivity contribution in [3.05, 3.63) is 34.6 Å². The van der Waals surface area contributed by atoms with Gasteiger partial charge in [-0.1, -0.05) is 12.1 Å². The van der Waals surface area contributed by atoms with Gasteiger partial charge in [-0.3, -0.25) is 9.59 Å². The monoisotopic (exact) mass is 387 g/mol. The van der Waals surface area contributed by atoms with E-state index in [2.05, 4.69) is 15.6 Å². The number of esters is 1. The number of nitrogens with zero attached hydrogens (tertiary/aromatic N) is 3. The van der Waals surface area contributed by atoms with Crippen LogP contribution >= 0.6 is 0 Å². The summed E-state index contributed by atoms with van der Waals surface area (Å²) < 4.78 is 6.39. The number of anilines is 1. The Morgan fingerprint density at radius 2 is 1.96 bits per heavy atom. The highest BCUT2D eigenvalue weighted by atomic mass is 16.5. The number of benzene rings is 1. The Hall–Kier alpha value is -3.10. The molecule has 0 atom stereocenters. The molecule has 9 heteroatoms. The van der Waals surface area contributed by atoms with Crippen LogP contribution in [0, 0.1) is 0 Å². The number of aromatic nitrogens is 2. The first-order valence-electron chi connectivity index (χ1n) is 9.40. The number of nitrogens with one attached hydrogen (secondary N) is 2. The highest BCUT2D eigenvalue weighted by Crippen LogP contribution is 2.18. The predicted molar refractivity (Wildman–Crippen MR) is 105 cm³/mol. The summed E-state index contributed by atoms with van der Waals surface area (Å²) in [6.45, 7) is 3.06. The highest BCUT2D eigenvalue weighted by Gasteiger charge is 2.24. The van der Waals surface area contributed by atoms with E-state index in [1.165, 1.54) is 0 Å². The van der Waals surface area contributed by atoms with Gasteiger partial charge >= 0.3 is 12.0 Å². The van der Waals surface area contributed by atoms with Crippen LogP contribution in [0.25, 0.3) is 11.0 Å². The van der Waals surface area contributed by atoms with Gasteiger partial charge in [0.1, 0.15) is 6.54 Å². The van der Waals surface area contributed by atoms with Crippen LogP contribution in [-0.4, -0.2) is 53.8 Å². The second kappa shape index (κ2) is 8.73. The van der Waals surface area contributed by atoms with Gasteiger partial charge in [0.15, 0.2) is 5.82 Å². The first-order valence-corrected chi connectivity index (χ1v) is 9.40. The molecule has 1 aliphatic rings. The summed E-state index contributed by atoms with van der Waals surface area (Å²) in [4.78, 5) is 42.4. The molecule has 9 nitrogen and oxygen atoms in total. The number of aryl methyl sites for hydroxylation is 1. The number of fused-ring (bicyclic) bond motifs is 1. The largest absolute Gasteiger partial charge is 0.465 e. The van der Waals surface area contributed by atoms with E-state index in [-0.39, 0.29) is 24.8 Å². The van der Waals surface area contributed by atoms with E-state index in [1.54, 1.807) is 18.5 Å². The van der Waals surface area contributed by atoms with E-state index in [0.29, 0.717) is 31.7 Å². The second-order valence-corrected chi connectivity index (χ2v) is 6.68. The van der Waals surface area contributed by atoms with Crippen LogP contribution in [0.3, 0.4) is 0 Å². The molecule has 0 radical (unpaired) electrons. The lowest BCUT2D eigenvalue weighted by molar-refractivity contribution is -0.141. The summed E-state index contributed by atoms with van der Waals surface area (Å²) in [5.41, 5.74) is 1.45. The normalized spacial score (nSPS) is 14.7. The summed E-state index contributed by atoms with van der Waals surface area (Å²) in [7, 11) is 1.75. The summed E-state index contributed by atoms with van der Waals surface area (Å²) in [5, 5.41) is 5.35. The molecule has 0 spiro atoms. The number of para-hydroxylation sites is 2. The van der Waals surface area contributed by atoms with Crippen molar-refractivity contribution in [1.82, 2.24) is 20.2 Å². The number of hydrogen-bond donors (Lipinski definition) is 2. The molecule has 1 saturated heterocycles. The van der Waals surface area contributed by atoms with Gasteiger partial charge in [0.25, 0.3) is 5.56 Å². The van der Waals surface area contributed by atoms with Crippen molar-refractivity contribution < 1.29 is 14.3 Å². The van der Waals surface area contributed by atoms with Crippen molar-refractivity contribution >= 4 is 28.9 Å². The molecule has 1 aliphatic heterocycles. The maximum atomic E-state index is 12.7. The van der Waals surface area contributed by atoms with Gasteiger partial charge in [0.05, 0.1) is 17.6 Å². The quantitative estimate of drug-likeness (QED) is 0.734. The van der Waals surface area contributed by atoms with E-state index in [4.69, 9.17) is 4.74 Å². The summed E-state index contributed by atoms with van der Waals surface area (Å²) in [5.74, 6) is -0.0305. The minimum Gasteiger partial charge on any atom is -0.465 e. The molecular formula is C19H25N5O4. The maximum Gasteiger partial charge on any atom is 0.325 e. The van der Waals surface area contributed by atoms with Gasteiger partial charge in [-0.25, -0.2) is 9.78 Å². The van der Waals surface area contributed by atoms with Crippen LogP contribution in [-0.2, 0) is 16.6 Å². The number of urea groups is 1. The standard InChI is InChI=1S/C19H25N5O4/c1-3-28-16(25)12-20-19(27)21-13-8-10-24(11-9-13)17-18(26)23(2)15-7-5-4-6-14(15)22-17/h4-7,13H,3,8-12H2,1-2H3,(H2,20,21,27). The number of rotatable bonds is 5. The van der Waals surface area contributed by atoms with E-state index >= 15 is 0 Å². The fourth-order valence-electron chi connectivity index (χ4n) is 3.31. The molecule has 0 bridgehead atoms. The van der Waals surface area contributed by atoms with Gasteiger partial charge in [-0.05, 0) is 31.9 Å². The van der Waals surface area contributed by atoms with Gasteiger partial charge < -0.3 is 24.8 Å². The molecular weight excluding hydrogens is 362 g/mol. The minimum absolute atomic E-state index is 0.0252. The number of amides is 2. The van der Waals surface area contributed by atoms with Crippen molar-refractivity contribution in [2.24, 2.45) is 7.05 Å². The molecule has 2 aromatic rings. The zero-order valence-corrected chi connectivity index (χ0v) is 16.1. The highest BCUT2D eigenvalue weighted by molar-refractivity contribution is 5.81. The fraction of sp³-hybridized carbons (Fsp3) is 0.474. The molecule has 1 aromatic carbocycles. The van der Waals surface area contributed by atoms with Crippen molar-refractivity contribution in [3.8, 4) is 0 Å². The maximum absolute atomic E-state index is 12.7. The first kappa shape index (κ1) is 19.7. The number of ether oxygens (including phenoxy) is 1. The SMILES string of the molecule is CCOC(=O)CNC(=O)NC1CCN(c2nc3ccccc3n(C)c2=O)CC1. The van der Waals surface area contributed by atoms with Crippen LogP contribution in [0.4, 0.5) is 10.6 Å². The second-order valence-electron chi connectivity index (χ2n) is 6.68. The Morgan fingerprint density at radius 3 is 2.68 bits per heavy atom. The average molecular weight is 387 g/mol. The lowest BCUT2D eigenvalue weighted by Crippen LogP contribution is -2.49. The molecule has 1 aromatic heterocycles. The molecule has 0 aliphatic carbocycles. The third kappa shape index (κ3) is 4.41. The molecule has 1 fully saturated rings. The molecule has 0 saturated carbocycles. The molecule has 3 rings (SSSR count). The molecule has 2 heterocycles. The van der Waals surface area contributed by atoms with E-state index in [9.17, 15) is 14.4 Å². The number of carbonyl (C=O) groups excluding carboxylic acids is 2. The molecule has 0 unspecified atom stereocenters. The smallest absolute Gasteiger partial charge is 0.325 e. The molecule has 28 heavy (non-hydrogen) atoms. The lowest BCUT2D eigenvalue weighted by atomic mass is 10.1. The Kier molecular flexibility index (Phi) is 6.13. The van der Waals surface area contributed by atoms with E-state index in [0.717, 1.165) is 11.0 Å². The minimum atomic E-state index is -0.467. The van der Waals surface area contributed by atoms with Gasteiger partial charge in [-0.2, -0.15) is 0 Å². The zero-order chi connectivity index (χ0) is 20.1. The summed E-state index contributed by atoms with van der Waals surface area (Å²) >= 11 is 0. The molecule has 2 amide bonds. The summed E-state index contributed by atoms with van der Waals surface area (Å²) in [6.07, 6.45) is 1.37. The number of carbonyl (C=O) groups is 2. The summed E-state index contributed by atoms with van der Waals surface area (Å²) in [6, 6.07) is 7.12. The molecule has 150 valence electrons. The van der Waals surface area contributed by atoms with Crippen LogP contribution in [0.2, 0.25) is 0 Å². The Morgan fingerprint density at radius 1 is 1.25 bits per heavy atom. The fourth-order valence-corrected chi connectivity index (χ4v) is 3.31. The van der Waals surface area contributed by atoms with Gasteiger partial charge in [-0.15, -0.1) is 0 Å². The first-order chi connectivity index (χ1) is 13.5. The number of hydrogen-bond acceptors (Lipinski definition) is 6. The van der Waals surface area contributed by atoms with Crippen molar-refractivity contribution in [2.75, 3.05) is 31.1 Å². The van der Waals surface area contributed by atoms with Gasteiger partial charge in [0.2, 0.25) is 0 Å². The predicted octanol–water partition coefficient (Wildman–Crippen LogP) is 0.765. The van der Waals surface area contributed by atoms with Crippen LogP contribution in [0.5, 0.6) is 0 Å². The Balaban J connectivity index is 1.58. The van der Waals surface area contributed by atoms with Crippen LogP contribution < -0.4 is 21.1 Å². The van der Waals surface area contributed by atoms with Crippen molar-refractivity contribution in [2.45, 2.75) is 25.8 Å². The van der Waals surface area contributed by atoms with Crippen LogP contribution in [0.1, 0.15) is 19.8 Å². The zero-order valence-electron chi connectivity index (χ0n) is 16.1. The van der Waals surface area contributed by atoms with Crippen molar-refractivity contribution in [3.63, 3.8) is 0 Å². The third-order valence-electron chi connectivity index (χ3n) is 4.79. The van der Waals surface area contributed by atoms with Crippen LogP contribution in [0.15, 0.2) is 29.1 Å². The Bertz CT molecular complexity index is 918. The topological polar surface area (TPSA) is 106 Å². The molecule has 2 N–H and O–H groups in total. The van der Waals surface area contributed by atoms with Gasteiger partial charge in [0, 0.05) is 26.2 Å². The third-order valence-corrected chi connectivity index (χ3v) is 4.79. The van der Waals surface area contributed by atoms with E-state index < -0.39 is 12.0 Å².